The molecule has 0 aliphatic heterocycles. The number of para-hydroxylation sites is 4. The van der Waals surface area contributed by atoms with Gasteiger partial charge in [-0.1, -0.05) is 72.8 Å². The molecule has 9 aromatic rings. The van der Waals surface area contributed by atoms with E-state index in [0.29, 0.717) is 0 Å². The maximum atomic E-state index is 6.42. The summed E-state index contributed by atoms with van der Waals surface area (Å²) in [6.45, 7) is 6.04. The van der Waals surface area contributed by atoms with Crippen molar-refractivity contribution in [2.24, 2.45) is 0 Å². The average Bonchev–Trinajstić information content (AvgIpc) is 3.78. The van der Waals surface area contributed by atoms with Gasteiger partial charge in [0, 0.05) is 35.0 Å². The van der Waals surface area contributed by atoms with Gasteiger partial charge in [0.05, 0.1) is 22.1 Å². The molecule has 45 heavy (non-hydrogen) atoms. The summed E-state index contributed by atoms with van der Waals surface area (Å²) in [5.41, 5.74) is 10.6. The Morgan fingerprint density at radius 1 is 0.511 bits per heavy atom. The SMILES string of the molecule is CCn1c(-c2ccc(-c3ccc4oc5cccc(-c6nc7ccccc7n6CC)c5c4c3)c3ccccc23)nc2ccccc21. The summed E-state index contributed by atoms with van der Waals surface area (Å²) >= 11 is 0. The lowest BCUT2D eigenvalue weighted by atomic mass is 9.93. The van der Waals surface area contributed by atoms with E-state index in [1.807, 2.05) is 6.07 Å². The highest BCUT2D eigenvalue weighted by atomic mass is 16.3. The quantitative estimate of drug-likeness (QED) is 0.203. The van der Waals surface area contributed by atoms with Crippen molar-refractivity contribution in [2.75, 3.05) is 0 Å². The number of rotatable bonds is 5. The normalized spacial score (nSPS) is 12.0. The fourth-order valence-corrected chi connectivity index (χ4v) is 7.13. The molecule has 0 unspecified atom stereocenters. The molecule has 9 rings (SSSR count). The summed E-state index contributed by atoms with van der Waals surface area (Å²) in [7, 11) is 0. The zero-order valence-electron chi connectivity index (χ0n) is 25.2. The van der Waals surface area contributed by atoms with Crippen LogP contribution in [0.2, 0.25) is 0 Å². The van der Waals surface area contributed by atoms with E-state index >= 15 is 0 Å². The average molecular weight is 583 g/mol. The van der Waals surface area contributed by atoms with E-state index in [2.05, 4.69) is 138 Å². The fraction of sp³-hybridized carbons (Fsp3) is 0.100. The van der Waals surface area contributed by atoms with Gasteiger partial charge >= 0.3 is 0 Å². The number of imidazole rings is 2. The molecule has 0 saturated heterocycles. The Bertz CT molecular complexity index is 2580. The van der Waals surface area contributed by atoms with Gasteiger partial charge in [0.1, 0.15) is 22.8 Å². The zero-order valence-corrected chi connectivity index (χ0v) is 25.2. The van der Waals surface area contributed by atoms with Gasteiger partial charge in [0.15, 0.2) is 0 Å². The Kier molecular flexibility index (Phi) is 5.69. The van der Waals surface area contributed by atoms with Crippen LogP contribution in [0.3, 0.4) is 0 Å². The van der Waals surface area contributed by atoms with Gasteiger partial charge in [-0.15, -0.1) is 0 Å². The molecular formula is C40H30N4O. The molecule has 0 saturated carbocycles. The van der Waals surface area contributed by atoms with Crippen LogP contribution in [-0.2, 0) is 13.1 Å². The fourth-order valence-electron chi connectivity index (χ4n) is 7.13. The van der Waals surface area contributed by atoms with Crippen LogP contribution in [0.1, 0.15) is 13.8 Å². The minimum Gasteiger partial charge on any atom is -0.456 e. The van der Waals surface area contributed by atoms with Crippen LogP contribution in [0, 0.1) is 0 Å². The molecule has 0 fully saturated rings. The first-order valence-corrected chi connectivity index (χ1v) is 15.6. The van der Waals surface area contributed by atoms with Crippen molar-refractivity contribution in [3.8, 4) is 33.9 Å². The number of hydrogen-bond acceptors (Lipinski definition) is 3. The van der Waals surface area contributed by atoms with Gasteiger partial charge in [-0.05, 0) is 84.3 Å². The summed E-state index contributed by atoms with van der Waals surface area (Å²) in [5.74, 6) is 1.97. The number of aryl methyl sites for hydroxylation is 2. The first-order chi connectivity index (χ1) is 22.2. The van der Waals surface area contributed by atoms with Crippen LogP contribution in [0.5, 0.6) is 0 Å². The van der Waals surface area contributed by atoms with Gasteiger partial charge in [-0.25, -0.2) is 9.97 Å². The van der Waals surface area contributed by atoms with Crippen molar-refractivity contribution in [1.82, 2.24) is 19.1 Å². The van der Waals surface area contributed by atoms with Gasteiger partial charge in [0.25, 0.3) is 0 Å². The Labute approximate surface area is 260 Å². The highest BCUT2D eigenvalue weighted by Gasteiger charge is 2.20. The highest BCUT2D eigenvalue weighted by Crippen LogP contribution is 2.41. The summed E-state index contributed by atoms with van der Waals surface area (Å²) in [6.07, 6.45) is 0. The second-order valence-electron chi connectivity index (χ2n) is 11.5. The molecule has 0 radical (unpaired) electrons. The lowest BCUT2D eigenvalue weighted by Crippen LogP contribution is -1.98. The monoisotopic (exact) mass is 582 g/mol. The van der Waals surface area contributed by atoms with Gasteiger partial charge in [-0.3, -0.25) is 0 Å². The van der Waals surface area contributed by atoms with Crippen LogP contribution < -0.4 is 0 Å². The summed E-state index contributed by atoms with van der Waals surface area (Å²) in [6, 6.07) is 42.8. The molecule has 6 aromatic carbocycles. The number of benzene rings is 6. The number of aromatic nitrogens is 4. The van der Waals surface area contributed by atoms with Crippen LogP contribution in [0.15, 0.2) is 126 Å². The second kappa shape index (κ2) is 9.93. The van der Waals surface area contributed by atoms with E-state index in [-0.39, 0.29) is 0 Å². The van der Waals surface area contributed by atoms with E-state index in [1.54, 1.807) is 0 Å². The summed E-state index contributed by atoms with van der Waals surface area (Å²) in [4.78, 5) is 10.2. The lowest BCUT2D eigenvalue weighted by molar-refractivity contribution is 0.669. The molecule has 0 N–H and O–H groups in total. The molecular weight excluding hydrogens is 552 g/mol. The third kappa shape index (κ3) is 3.80. The molecule has 0 aliphatic rings. The minimum absolute atomic E-state index is 0.831. The summed E-state index contributed by atoms with van der Waals surface area (Å²) in [5, 5.41) is 4.57. The molecule has 3 heterocycles. The van der Waals surface area contributed by atoms with E-state index in [0.717, 1.165) is 85.4 Å². The lowest BCUT2D eigenvalue weighted by Gasteiger charge is -2.13. The van der Waals surface area contributed by atoms with Crippen molar-refractivity contribution in [3.63, 3.8) is 0 Å². The molecule has 0 atom stereocenters. The predicted octanol–water partition coefficient (Wildman–Crippen LogP) is 10.5. The molecule has 0 bridgehead atoms. The molecule has 0 spiro atoms. The Morgan fingerprint density at radius 2 is 1.11 bits per heavy atom. The smallest absolute Gasteiger partial charge is 0.141 e. The van der Waals surface area contributed by atoms with Gasteiger partial charge in [0.2, 0.25) is 0 Å². The number of furan rings is 1. The third-order valence-electron chi connectivity index (χ3n) is 9.15. The molecule has 5 nitrogen and oxygen atoms in total. The van der Waals surface area contributed by atoms with E-state index in [4.69, 9.17) is 14.4 Å². The predicted molar refractivity (Wildman–Crippen MR) is 185 cm³/mol. The summed E-state index contributed by atoms with van der Waals surface area (Å²) < 4.78 is 11.0. The molecule has 5 heteroatoms. The second-order valence-corrected chi connectivity index (χ2v) is 11.5. The first-order valence-electron chi connectivity index (χ1n) is 15.6. The number of hydrogen-bond donors (Lipinski definition) is 0. The largest absolute Gasteiger partial charge is 0.456 e. The Balaban J connectivity index is 1.26. The standard InChI is InChI=1S/C40H30N4O/c1-3-43-34-17-9-7-15-32(34)41-39(43)29-22-21-26(27-12-5-6-13-28(27)29)25-20-23-36-31(24-25)38-30(14-11-19-37(38)45-36)40-42-33-16-8-10-18-35(33)44(40)4-2/h5-24H,3-4H2,1-2H3. The topological polar surface area (TPSA) is 48.8 Å². The van der Waals surface area contributed by atoms with Crippen LogP contribution in [0.4, 0.5) is 0 Å². The van der Waals surface area contributed by atoms with Gasteiger partial charge < -0.3 is 13.6 Å². The minimum atomic E-state index is 0.831. The van der Waals surface area contributed by atoms with Crippen LogP contribution in [0.25, 0.3) is 88.7 Å². The molecule has 216 valence electrons. The van der Waals surface area contributed by atoms with Crippen molar-refractivity contribution in [3.05, 3.63) is 121 Å². The highest BCUT2D eigenvalue weighted by molar-refractivity contribution is 6.14. The van der Waals surface area contributed by atoms with E-state index < -0.39 is 0 Å². The van der Waals surface area contributed by atoms with Crippen molar-refractivity contribution >= 4 is 54.8 Å². The maximum absolute atomic E-state index is 6.42. The van der Waals surface area contributed by atoms with E-state index in [1.165, 1.54) is 16.3 Å². The Morgan fingerprint density at radius 3 is 1.80 bits per heavy atom. The van der Waals surface area contributed by atoms with Crippen LogP contribution in [-0.4, -0.2) is 19.1 Å². The first kappa shape index (κ1) is 25.8. The van der Waals surface area contributed by atoms with E-state index in [9.17, 15) is 0 Å². The Hall–Kier alpha value is -5.68. The maximum Gasteiger partial charge on any atom is 0.141 e. The molecule has 3 aromatic heterocycles. The number of nitrogens with zero attached hydrogens (tertiary/aromatic N) is 4. The van der Waals surface area contributed by atoms with Gasteiger partial charge in [-0.2, -0.15) is 0 Å². The van der Waals surface area contributed by atoms with Crippen molar-refractivity contribution in [1.29, 1.82) is 0 Å². The van der Waals surface area contributed by atoms with Crippen molar-refractivity contribution < 1.29 is 4.42 Å². The number of fused-ring (bicyclic) bond motifs is 6. The van der Waals surface area contributed by atoms with Crippen molar-refractivity contribution in [2.45, 2.75) is 26.9 Å². The zero-order chi connectivity index (χ0) is 30.1. The molecule has 0 amide bonds. The third-order valence-corrected chi connectivity index (χ3v) is 9.15. The van der Waals surface area contributed by atoms with Crippen LogP contribution >= 0.6 is 0 Å². The molecule has 0 aliphatic carbocycles.